The molecule has 1 fully saturated rings. The van der Waals surface area contributed by atoms with Gasteiger partial charge < -0.3 is 9.64 Å². The molecule has 0 saturated heterocycles. The van der Waals surface area contributed by atoms with Crippen molar-refractivity contribution in [1.29, 1.82) is 0 Å². The number of aromatic nitrogens is 3. The molecule has 35 heavy (non-hydrogen) atoms. The lowest BCUT2D eigenvalue weighted by Gasteiger charge is -2.35. The van der Waals surface area contributed by atoms with E-state index < -0.39 is 5.67 Å². The summed E-state index contributed by atoms with van der Waals surface area (Å²) in [4.78, 5) is 19.6. The lowest BCUT2D eigenvalue weighted by atomic mass is 9.76. The summed E-state index contributed by atoms with van der Waals surface area (Å²) >= 11 is 1.48. The number of carbonyl (C=O) groups excluding carboxylic acids is 1. The first kappa shape index (κ1) is 26.1. The quantitative estimate of drug-likeness (QED) is 0.439. The van der Waals surface area contributed by atoms with Crippen molar-refractivity contribution in [2.45, 2.75) is 96.8 Å². The van der Waals surface area contributed by atoms with Gasteiger partial charge in [-0.1, -0.05) is 13.0 Å². The number of nitrogens with zero attached hydrogens (tertiary/aromatic N) is 4. The van der Waals surface area contributed by atoms with Crippen LogP contribution in [0.25, 0.3) is 0 Å². The number of hydrogen-bond donors (Lipinski definition) is 0. The number of pyridine rings is 1. The van der Waals surface area contributed by atoms with E-state index in [0.29, 0.717) is 43.9 Å². The van der Waals surface area contributed by atoms with Crippen LogP contribution in [0.15, 0.2) is 12.1 Å². The lowest BCUT2D eigenvalue weighted by molar-refractivity contribution is -0.119. The van der Waals surface area contributed by atoms with Gasteiger partial charge in [-0.3, -0.25) is 4.79 Å². The molecule has 0 radical (unpaired) electrons. The fourth-order valence-corrected chi connectivity index (χ4v) is 5.90. The second kappa shape index (κ2) is 11.9. The molecule has 0 amide bonds. The molecule has 1 aliphatic carbocycles. The molecule has 0 unspecified atom stereocenters. The van der Waals surface area contributed by atoms with Crippen molar-refractivity contribution in [3.8, 4) is 5.88 Å². The molecule has 0 N–H and O–H groups in total. The van der Waals surface area contributed by atoms with E-state index in [1.165, 1.54) is 16.9 Å². The highest BCUT2D eigenvalue weighted by atomic mass is 32.1. The molecular formula is C27H39FN4O2S. The average Bonchev–Trinajstić information content (AvgIpc) is 3.13. The molecule has 2 aromatic rings. The van der Waals surface area contributed by atoms with Crippen LogP contribution in [0, 0.1) is 12.8 Å². The van der Waals surface area contributed by atoms with Gasteiger partial charge in [0.25, 0.3) is 0 Å². The normalized spacial score (nSPS) is 23.9. The summed E-state index contributed by atoms with van der Waals surface area (Å²) in [5.74, 6) is 1.21. The summed E-state index contributed by atoms with van der Waals surface area (Å²) in [6.07, 6.45) is 7.14. The zero-order chi connectivity index (χ0) is 24.8. The zero-order valence-corrected chi connectivity index (χ0v) is 22.2. The Kier molecular flexibility index (Phi) is 8.87. The number of fused-ring (bicyclic) bond motifs is 1. The predicted octanol–water partition coefficient (Wildman–Crippen LogP) is 5.31. The number of ketones is 1. The number of halogens is 1. The Morgan fingerprint density at radius 3 is 2.74 bits per heavy atom. The molecule has 6 nitrogen and oxygen atoms in total. The van der Waals surface area contributed by atoms with Crippen molar-refractivity contribution >= 4 is 17.1 Å². The van der Waals surface area contributed by atoms with Crippen LogP contribution in [0.5, 0.6) is 5.88 Å². The van der Waals surface area contributed by atoms with Gasteiger partial charge in [0.2, 0.25) is 5.88 Å². The molecule has 0 spiro atoms. The number of hydrogen-bond acceptors (Lipinski definition) is 7. The summed E-state index contributed by atoms with van der Waals surface area (Å²) in [6, 6.07) is 4.13. The lowest BCUT2D eigenvalue weighted by Crippen LogP contribution is -2.36. The smallest absolute Gasteiger partial charge is 0.213 e. The molecule has 2 aromatic heterocycles. The molecule has 8 heteroatoms. The van der Waals surface area contributed by atoms with E-state index in [2.05, 4.69) is 35.0 Å². The maximum absolute atomic E-state index is 15.6. The van der Waals surface area contributed by atoms with Crippen LogP contribution in [0.1, 0.15) is 80.1 Å². The SMILES string of the molecule is CC[C@@H](C)Oc1ccc2c(n1)CCN(CCC1(F)CCC(CC(=O)Cc3nnc(C)s3)CC1)CC2. The first-order valence-corrected chi connectivity index (χ1v) is 14.0. The molecule has 3 heterocycles. The van der Waals surface area contributed by atoms with Gasteiger partial charge >= 0.3 is 0 Å². The maximum Gasteiger partial charge on any atom is 0.213 e. The van der Waals surface area contributed by atoms with Crippen molar-refractivity contribution in [1.82, 2.24) is 20.1 Å². The van der Waals surface area contributed by atoms with Gasteiger partial charge in [-0.2, -0.15) is 0 Å². The van der Waals surface area contributed by atoms with Gasteiger partial charge in [0.05, 0.1) is 12.5 Å². The third-order valence-electron chi connectivity index (χ3n) is 7.61. The summed E-state index contributed by atoms with van der Waals surface area (Å²) in [5.41, 5.74) is 1.30. The third kappa shape index (κ3) is 7.53. The number of rotatable bonds is 10. The second-order valence-electron chi connectivity index (χ2n) is 10.4. The van der Waals surface area contributed by atoms with Gasteiger partial charge in [0.1, 0.15) is 21.5 Å². The predicted molar refractivity (Wildman–Crippen MR) is 137 cm³/mol. The van der Waals surface area contributed by atoms with Gasteiger partial charge in [-0.15, -0.1) is 21.5 Å². The second-order valence-corrected chi connectivity index (χ2v) is 11.7. The fraction of sp³-hybridized carbons (Fsp3) is 0.704. The molecule has 0 aromatic carbocycles. The van der Waals surface area contributed by atoms with Crippen LogP contribution >= 0.6 is 11.3 Å². The third-order valence-corrected chi connectivity index (χ3v) is 8.45. The first-order valence-electron chi connectivity index (χ1n) is 13.2. The van der Waals surface area contributed by atoms with Crippen LogP contribution in [-0.2, 0) is 24.1 Å². The van der Waals surface area contributed by atoms with E-state index >= 15 is 4.39 Å². The number of carbonyl (C=O) groups is 1. The molecule has 1 atom stereocenters. The van der Waals surface area contributed by atoms with E-state index in [-0.39, 0.29) is 11.9 Å². The minimum atomic E-state index is -1.11. The number of ether oxygens (including phenoxy) is 1. The van der Waals surface area contributed by atoms with Crippen molar-refractivity contribution < 1.29 is 13.9 Å². The Morgan fingerprint density at radius 1 is 1.26 bits per heavy atom. The van der Waals surface area contributed by atoms with Crippen LogP contribution in [-0.4, -0.2) is 57.3 Å². The highest BCUT2D eigenvalue weighted by molar-refractivity contribution is 7.11. The monoisotopic (exact) mass is 502 g/mol. The molecule has 4 rings (SSSR count). The van der Waals surface area contributed by atoms with E-state index in [1.54, 1.807) is 0 Å². The summed E-state index contributed by atoms with van der Waals surface area (Å²) in [6.45, 7) is 8.70. The molecule has 1 saturated carbocycles. The highest BCUT2D eigenvalue weighted by Crippen LogP contribution is 2.39. The minimum Gasteiger partial charge on any atom is -0.475 e. The molecule has 2 aliphatic rings. The van der Waals surface area contributed by atoms with E-state index in [0.717, 1.165) is 67.4 Å². The van der Waals surface area contributed by atoms with E-state index in [9.17, 15) is 4.79 Å². The topological polar surface area (TPSA) is 68.2 Å². The summed E-state index contributed by atoms with van der Waals surface area (Å²) in [7, 11) is 0. The van der Waals surface area contributed by atoms with Crippen LogP contribution in [0.2, 0.25) is 0 Å². The first-order chi connectivity index (χ1) is 16.8. The number of aryl methyl sites for hydroxylation is 1. The highest BCUT2D eigenvalue weighted by Gasteiger charge is 2.36. The van der Waals surface area contributed by atoms with Crippen molar-refractivity contribution in [2.75, 3.05) is 19.6 Å². The molecular weight excluding hydrogens is 463 g/mol. The van der Waals surface area contributed by atoms with Crippen molar-refractivity contribution in [3.05, 3.63) is 33.4 Å². The Labute approximate surface area is 212 Å². The Morgan fingerprint density at radius 2 is 2.03 bits per heavy atom. The summed E-state index contributed by atoms with van der Waals surface area (Å²) < 4.78 is 21.5. The standard InChI is InChI=1S/C27H39FN4O2S/c1-4-19(2)34-25-6-5-22-9-14-32(15-10-24(22)29-25)16-13-27(28)11-7-21(8-12-27)17-23(33)18-26-31-30-20(3)35-26/h5-6,19,21H,4,7-18H2,1-3H3/t19-,21?,27?/m1/s1. The Hall–Kier alpha value is -1.93. The average molecular weight is 503 g/mol. The zero-order valence-electron chi connectivity index (χ0n) is 21.4. The van der Waals surface area contributed by atoms with Crippen LogP contribution in [0.3, 0.4) is 0 Å². The van der Waals surface area contributed by atoms with Crippen molar-refractivity contribution in [3.63, 3.8) is 0 Å². The van der Waals surface area contributed by atoms with E-state index in [1.807, 2.05) is 13.0 Å². The minimum absolute atomic E-state index is 0.163. The molecule has 192 valence electrons. The number of Topliss-reactive ketones (excluding diaryl/α,β-unsaturated/α-hetero) is 1. The molecule has 0 bridgehead atoms. The Balaban J connectivity index is 1.20. The Bertz CT molecular complexity index is 989. The fourth-order valence-electron chi connectivity index (χ4n) is 5.17. The van der Waals surface area contributed by atoms with E-state index in [4.69, 9.17) is 9.72 Å². The molecule has 1 aliphatic heterocycles. The maximum atomic E-state index is 15.6. The van der Waals surface area contributed by atoms with Crippen LogP contribution in [0.4, 0.5) is 4.39 Å². The van der Waals surface area contributed by atoms with Crippen molar-refractivity contribution in [2.24, 2.45) is 5.92 Å². The largest absolute Gasteiger partial charge is 0.475 e. The van der Waals surface area contributed by atoms with Gasteiger partial charge in [-0.25, -0.2) is 9.37 Å². The van der Waals surface area contributed by atoms with Gasteiger partial charge in [-0.05, 0) is 70.3 Å². The van der Waals surface area contributed by atoms with Gasteiger partial charge in [0, 0.05) is 44.2 Å². The number of alkyl halides is 1. The van der Waals surface area contributed by atoms with Gasteiger partial charge in [0.15, 0.2) is 0 Å². The van der Waals surface area contributed by atoms with Crippen LogP contribution < -0.4 is 4.74 Å². The summed E-state index contributed by atoms with van der Waals surface area (Å²) in [5, 5.41) is 9.71.